The van der Waals surface area contributed by atoms with E-state index in [1.807, 2.05) is 12.1 Å². The Kier molecular flexibility index (Phi) is 7.57. The molecule has 1 heterocycles. The molecule has 0 bridgehead atoms. The average molecular weight is 362 g/mol. The molecule has 0 aromatic heterocycles. The first-order valence-electron chi connectivity index (χ1n) is 9.60. The van der Waals surface area contributed by atoms with Crippen molar-refractivity contribution in [2.45, 2.75) is 33.2 Å². The maximum absolute atomic E-state index is 5.34. The molecule has 6 nitrogen and oxygen atoms in total. The topological polar surface area (TPSA) is 52.1 Å². The van der Waals surface area contributed by atoms with Gasteiger partial charge in [-0.1, -0.05) is 6.07 Å². The number of ether oxygens (including phenoxy) is 1. The minimum atomic E-state index is 0.135. The van der Waals surface area contributed by atoms with Crippen LogP contribution in [0.5, 0.6) is 5.75 Å². The minimum Gasteiger partial charge on any atom is -0.497 e. The molecule has 1 aromatic carbocycles. The van der Waals surface area contributed by atoms with Gasteiger partial charge in [0.2, 0.25) is 0 Å². The van der Waals surface area contributed by atoms with E-state index < -0.39 is 0 Å². The van der Waals surface area contributed by atoms with E-state index in [1.165, 1.54) is 5.69 Å². The standard InChI is InChI=1S/C20H35N5O/c1-6-21-19(22-10-11-23-20(2,3)4)25-14-12-24(13-15-25)17-8-7-9-18(16-17)26-5/h7-9,16,23H,6,10-15H2,1-5H3,(H,21,22). The van der Waals surface area contributed by atoms with Gasteiger partial charge in [-0.15, -0.1) is 0 Å². The van der Waals surface area contributed by atoms with E-state index in [-0.39, 0.29) is 5.54 Å². The Morgan fingerprint density at radius 3 is 2.54 bits per heavy atom. The van der Waals surface area contributed by atoms with E-state index >= 15 is 0 Å². The lowest BCUT2D eigenvalue weighted by atomic mass is 10.1. The number of hydrogen-bond donors (Lipinski definition) is 2. The van der Waals surface area contributed by atoms with Crippen molar-refractivity contribution < 1.29 is 4.74 Å². The maximum atomic E-state index is 5.34. The molecule has 0 unspecified atom stereocenters. The van der Waals surface area contributed by atoms with Gasteiger partial charge in [-0.25, -0.2) is 0 Å². The van der Waals surface area contributed by atoms with E-state index in [1.54, 1.807) is 7.11 Å². The summed E-state index contributed by atoms with van der Waals surface area (Å²) >= 11 is 0. The van der Waals surface area contributed by atoms with E-state index in [9.17, 15) is 0 Å². The third kappa shape index (κ3) is 6.41. The molecule has 0 saturated carbocycles. The zero-order valence-electron chi connectivity index (χ0n) is 17.0. The number of benzene rings is 1. The Labute approximate surface area is 158 Å². The fourth-order valence-corrected chi connectivity index (χ4v) is 3.00. The normalized spacial score (nSPS) is 16.0. The van der Waals surface area contributed by atoms with E-state index in [4.69, 9.17) is 9.73 Å². The molecule has 2 rings (SSSR count). The number of methoxy groups -OCH3 is 1. The highest BCUT2D eigenvalue weighted by Crippen LogP contribution is 2.22. The molecular formula is C20H35N5O. The summed E-state index contributed by atoms with van der Waals surface area (Å²) in [6.07, 6.45) is 0. The van der Waals surface area contributed by atoms with Crippen LogP contribution in [-0.4, -0.2) is 69.3 Å². The van der Waals surface area contributed by atoms with Crippen molar-refractivity contribution in [2.75, 3.05) is 57.8 Å². The molecule has 2 N–H and O–H groups in total. The fraction of sp³-hybridized carbons (Fsp3) is 0.650. The predicted molar refractivity (Wildman–Crippen MR) is 111 cm³/mol. The summed E-state index contributed by atoms with van der Waals surface area (Å²) < 4.78 is 5.34. The lowest BCUT2D eigenvalue weighted by Crippen LogP contribution is -2.52. The molecule has 0 aliphatic carbocycles. The van der Waals surface area contributed by atoms with Crippen molar-refractivity contribution in [3.63, 3.8) is 0 Å². The summed E-state index contributed by atoms with van der Waals surface area (Å²) in [6, 6.07) is 8.29. The van der Waals surface area contributed by atoms with Gasteiger partial charge in [-0.3, -0.25) is 4.99 Å². The predicted octanol–water partition coefficient (Wildman–Crippen LogP) is 2.17. The van der Waals surface area contributed by atoms with Gasteiger partial charge in [-0.05, 0) is 39.8 Å². The molecule has 1 aliphatic rings. The van der Waals surface area contributed by atoms with Gasteiger partial charge < -0.3 is 25.2 Å². The number of nitrogens with zero attached hydrogens (tertiary/aromatic N) is 3. The monoisotopic (exact) mass is 361 g/mol. The van der Waals surface area contributed by atoms with E-state index in [0.29, 0.717) is 0 Å². The number of rotatable bonds is 6. The van der Waals surface area contributed by atoms with Gasteiger partial charge in [-0.2, -0.15) is 0 Å². The third-order valence-electron chi connectivity index (χ3n) is 4.36. The van der Waals surface area contributed by atoms with Crippen molar-refractivity contribution in [2.24, 2.45) is 4.99 Å². The van der Waals surface area contributed by atoms with Crippen LogP contribution in [0.1, 0.15) is 27.7 Å². The summed E-state index contributed by atoms with van der Waals surface area (Å²) in [5, 5.41) is 6.92. The average Bonchev–Trinajstić information content (AvgIpc) is 2.63. The van der Waals surface area contributed by atoms with E-state index in [0.717, 1.165) is 57.5 Å². The van der Waals surface area contributed by atoms with Crippen LogP contribution in [0.2, 0.25) is 0 Å². The highest BCUT2D eigenvalue weighted by atomic mass is 16.5. The lowest BCUT2D eigenvalue weighted by molar-refractivity contribution is 0.371. The molecule has 6 heteroatoms. The number of piperazine rings is 1. The lowest BCUT2D eigenvalue weighted by Gasteiger charge is -2.37. The number of nitrogens with one attached hydrogen (secondary N) is 2. The smallest absolute Gasteiger partial charge is 0.194 e. The highest BCUT2D eigenvalue weighted by Gasteiger charge is 2.20. The van der Waals surface area contributed by atoms with Crippen molar-refractivity contribution in [1.82, 2.24) is 15.5 Å². The van der Waals surface area contributed by atoms with Crippen molar-refractivity contribution in [3.8, 4) is 5.75 Å². The summed E-state index contributed by atoms with van der Waals surface area (Å²) in [4.78, 5) is 9.56. The summed E-state index contributed by atoms with van der Waals surface area (Å²) in [7, 11) is 1.71. The molecule has 1 fully saturated rings. The first-order valence-corrected chi connectivity index (χ1v) is 9.60. The van der Waals surface area contributed by atoms with Gasteiger partial charge in [0.05, 0.1) is 13.7 Å². The first-order chi connectivity index (χ1) is 12.4. The molecule has 1 aliphatic heterocycles. The van der Waals surface area contributed by atoms with Gasteiger partial charge in [0.1, 0.15) is 5.75 Å². The van der Waals surface area contributed by atoms with E-state index in [2.05, 4.69) is 60.3 Å². The van der Waals surface area contributed by atoms with Crippen LogP contribution < -0.4 is 20.3 Å². The third-order valence-corrected chi connectivity index (χ3v) is 4.36. The second-order valence-electron chi connectivity index (χ2n) is 7.59. The molecule has 1 aromatic rings. The van der Waals surface area contributed by atoms with Gasteiger partial charge in [0, 0.05) is 56.6 Å². The fourth-order valence-electron chi connectivity index (χ4n) is 3.00. The quantitative estimate of drug-likeness (QED) is 0.462. The van der Waals surface area contributed by atoms with Crippen LogP contribution in [0, 0.1) is 0 Å². The number of anilines is 1. The zero-order chi connectivity index (χ0) is 19.0. The summed E-state index contributed by atoms with van der Waals surface area (Å²) in [5.74, 6) is 1.93. The van der Waals surface area contributed by atoms with Crippen LogP contribution in [0.15, 0.2) is 29.3 Å². The Balaban J connectivity index is 1.90. The number of aliphatic imine (C=N–C) groups is 1. The Hall–Kier alpha value is -1.95. The Morgan fingerprint density at radius 1 is 1.19 bits per heavy atom. The number of hydrogen-bond acceptors (Lipinski definition) is 4. The molecule has 26 heavy (non-hydrogen) atoms. The molecule has 0 spiro atoms. The number of guanidine groups is 1. The molecule has 0 amide bonds. The molecular weight excluding hydrogens is 326 g/mol. The SMILES string of the molecule is CCNC(=NCCNC(C)(C)C)N1CCN(c2cccc(OC)c2)CC1. The Bertz CT molecular complexity index is 574. The van der Waals surface area contributed by atoms with Gasteiger partial charge >= 0.3 is 0 Å². The van der Waals surface area contributed by atoms with Crippen molar-refractivity contribution in [3.05, 3.63) is 24.3 Å². The molecule has 0 radical (unpaired) electrons. The van der Waals surface area contributed by atoms with Crippen molar-refractivity contribution in [1.29, 1.82) is 0 Å². The summed E-state index contributed by atoms with van der Waals surface area (Å²) in [6.45, 7) is 15.1. The van der Waals surface area contributed by atoms with Crippen LogP contribution in [-0.2, 0) is 0 Å². The van der Waals surface area contributed by atoms with Gasteiger partial charge in [0.15, 0.2) is 5.96 Å². The molecule has 146 valence electrons. The Morgan fingerprint density at radius 2 is 1.92 bits per heavy atom. The highest BCUT2D eigenvalue weighted by molar-refractivity contribution is 5.80. The first kappa shape index (κ1) is 20.4. The van der Waals surface area contributed by atoms with Crippen LogP contribution >= 0.6 is 0 Å². The molecule has 0 atom stereocenters. The largest absolute Gasteiger partial charge is 0.497 e. The van der Waals surface area contributed by atoms with Crippen LogP contribution in [0.4, 0.5) is 5.69 Å². The maximum Gasteiger partial charge on any atom is 0.194 e. The minimum absolute atomic E-state index is 0.135. The second-order valence-corrected chi connectivity index (χ2v) is 7.59. The van der Waals surface area contributed by atoms with Crippen molar-refractivity contribution >= 4 is 11.6 Å². The molecule has 1 saturated heterocycles. The second kappa shape index (κ2) is 9.67. The van der Waals surface area contributed by atoms with Crippen LogP contribution in [0.3, 0.4) is 0 Å². The summed E-state index contributed by atoms with van der Waals surface area (Å²) in [5.41, 5.74) is 1.36. The van der Waals surface area contributed by atoms with Gasteiger partial charge in [0.25, 0.3) is 0 Å². The zero-order valence-corrected chi connectivity index (χ0v) is 17.0. The van der Waals surface area contributed by atoms with Crippen LogP contribution in [0.25, 0.3) is 0 Å².